The van der Waals surface area contributed by atoms with Crippen molar-refractivity contribution < 1.29 is 14.0 Å². The van der Waals surface area contributed by atoms with E-state index in [1.165, 1.54) is 18.6 Å². The average Bonchev–Trinajstić information content (AvgIpc) is 2.95. The van der Waals surface area contributed by atoms with Gasteiger partial charge in [0.15, 0.2) is 0 Å². The quantitative estimate of drug-likeness (QED) is 0.854. The van der Waals surface area contributed by atoms with Crippen molar-refractivity contribution in [1.29, 1.82) is 0 Å². The van der Waals surface area contributed by atoms with Gasteiger partial charge in [0.05, 0.1) is 5.92 Å². The van der Waals surface area contributed by atoms with E-state index in [1.807, 2.05) is 4.90 Å². The largest absolute Gasteiger partial charge is 0.342 e. The number of nitrogens with zero attached hydrogens (tertiary/aromatic N) is 2. The fourth-order valence-corrected chi connectivity index (χ4v) is 3.44. The van der Waals surface area contributed by atoms with Gasteiger partial charge in [-0.05, 0) is 43.4 Å². The summed E-state index contributed by atoms with van der Waals surface area (Å²) >= 11 is 0. The molecule has 0 aromatic heterocycles. The summed E-state index contributed by atoms with van der Waals surface area (Å²) in [6.45, 7) is 2.78. The van der Waals surface area contributed by atoms with Crippen LogP contribution in [0.25, 0.3) is 0 Å². The van der Waals surface area contributed by atoms with Crippen LogP contribution in [0.1, 0.15) is 31.2 Å². The van der Waals surface area contributed by atoms with Crippen LogP contribution in [0.3, 0.4) is 0 Å². The van der Waals surface area contributed by atoms with Crippen LogP contribution in [-0.4, -0.2) is 47.8 Å². The van der Waals surface area contributed by atoms with Crippen LogP contribution in [0.5, 0.6) is 0 Å². The maximum atomic E-state index is 12.9. The monoisotopic (exact) mass is 318 g/mol. The van der Waals surface area contributed by atoms with Gasteiger partial charge < -0.3 is 9.80 Å². The Hall–Kier alpha value is -1.91. The minimum absolute atomic E-state index is 0.0578. The summed E-state index contributed by atoms with van der Waals surface area (Å²) in [6, 6.07) is 6.35. The number of carbonyl (C=O) groups is 2. The van der Waals surface area contributed by atoms with Gasteiger partial charge in [0, 0.05) is 32.6 Å². The van der Waals surface area contributed by atoms with E-state index < -0.39 is 0 Å². The summed E-state index contributed by atoms with van der Waals surface area (Å²) in [5.74, 6) is -0.239. The second-order valence-electron chi connectivity index (χ2n) is 6.50. The molecule has 2 aliphatic heterocycles. The first kappa shape index (κ1) is 16.0. The van der Waals surface area contributed by atoms with E-state index in [-0.39, 0.29) is 23.5 Å². The van der Waals surface area contributed by atoms with Crippen molar-refractivity contribution in [3.63, 3.8) is 0 Å². The fraction of sp³-hybridized carbons (Fsp3) is 0.556. The Balaban J connectivity index is 1.52. The van der Waals surface area contributed by atoms with Crippen LogP contribution in [0.2, 0.25) is 0 Å². The molecule has 0 aliphatic carbocycles. The van der Waals surface area contributed by atoms with Crippen molar-refractivity contribution in [2.75, 3.05) is 26.2 Å². The van der Waals surface area contributed by atoms with Crippen molar-refractivity contribution in [3.8, 4) is 0 Å². The average molecular weight is 318 g/mol. The van der Waals surface area contributed by atoms with Crippen LogP contribution < -0.4 is 0 Å². The van der Waals surface area contributed by atoms with Crippen LogP contribution >= 0.6 is 0 Å². The topological polar surface area (TPSA) is 40.6 Å². The lowest BCUT2D eigenvalue weighted by Gasteiger charge is -2.29. The van der Waals surface area contributed by atoms with E-state index in [1.54, 1.807) is 17.0 Å². The van der Waals surface area contributed by atoms with Gasteiger partial charge in [-0.3, -0.25) is 9.59 Å². The van der Waals surface area contributed by atoms with Crippen molar-refractivity contribution in [1.82, 2.24) is 9.80 Å². The molecule has 2 aliphatic rings. The molecule has 0 spiro atoms. The van der Waals surface area contributed by atoms with Crippen molar-refractivity contribution in [2.24, 2.45) is 5.92 Å². The molecule has 0 saturated carbocycles. The Morgan fingerprint density at radius 2 is 1.83 bits per heavy atom. The molecule has 1 aromatic rings. The Morgan fingerprint density at radius 1 is 1.13 bits per heavy atom. The molecule has 23 heavy (non-hydrogen) atoms. The molecule has 4 nitrogen and oxygen atoms in total. The molecule has 0 N–H and O–H groups in total. The highest BCUT2D eigenvalue weighted by Gasteiger charge is 2.36. The lowest BCUT2D eigenvalue weighted by molar-refractivity contribution is -0.136. The number of rotatable bonds is 4. The first-order valence-electron chi connectivity index (χ1n) is 8.44. The predicted octanol–water partition coefficient (Wildman–Crippen LogP) is 2.23. The molecule has 0 radical (unpaired) electrons. The summed E-state index contributed by atoms with van der Waals surface area (Å²) in [5.41, 5.74) is 1.00. The Bertz CT molecular complexity index is 567. The summed E-state index contributed by atoms with van der Waals surface area (Å²) in [6.07, 6.45) is 4.36. The maximum absolute atomic E-state index is 12.9. The molecule has 0 bridgehead atoms. The molecule has 1 atom stereocenters. The molecule has 124 valence electrons. The summed E-state index contributed by atoms with van der Waals surface area (Å²) in [5, 5.41) is 0. The highest BCUT2D eigenvalue weighted by molar-refractivity contribution is 5.89. The van der Waals surface area contributed by atoms with Crippen LogP contribution in [0, 0.1) is 11.7 Å². The van der Waals surface area contributed by atoms with Crippen molar-refractivity contribution >= 4 is 11.8 Å². The fourth-order valence-electron chi connectivity index (χ4n) is 3.44. The maximum Gasteiger partial charge on any atom is 0.227 e. The summed E-state index contributed by atoms with van der Waals surface area (Å²) in [4.78, 5) is 28.3. The zero-order chi connectivity index (χ0) is 16.2. The van der Waals surface area contributed by atoms with Gasteiger partial charge in [-0.15, -0.1) is 0 Å². The van der Waals surface area contributed by atoms with E-state index in [0.717, 1.165) is 31.5 Å². The number of hydrogen-bond donors (Lipinski definition) is 0. The SMILES string of the molecule is O=C1C[C@H](C(=O)N2CCCCC2)CN1CCc1ccc(F)cc1. The molecule has 2 fully saturated rings. The van der Waals surface area contributed by atoms with Gasteiger partial charge in [-0.25, -0.2) is 4.39 Å². The highest BCUT2D eigenvalue weighted by atomic mass is 19.1. The number of benzene rings is 1. The number of amides is 2. The minimum Gasteiger partial charge on any atom is -0.342 e. The van der Waals surface area contributed by atoms with Crippen LogP contribution in [-0.2, 0) is 16.0 Å². The van der Waals surface area contributed by atoms with Gasteiger partial charge in [-0.2, -0.15) is 0 Å². The first-order chi connectivity index (χ1) is 11.1. The predicted molar refractivity (Wildman–Crippen MR) is 85.2 cm³/mol. The molecule has 0 unspecified atom stereocenters. The third-order valence-corrected chi connectivity index (χ3v) is 4.82. The lowest BCUT2D eigenvalue weighted by Crippen LogP contribution is -2.40. The second kappa shape index (κ2) is 7.11. The molecule has 3 rings (SSSR count). The molecule has 2 saturated heterocycles. The van der Waals surface area contributed by atoms with Gasteiger partial charge >= 0.3 is 0 Å². The third-order valence-electron chi connectivity index (χ3n) is 4.82. The molecule has 5 heteroatoms. The molecule has 1 aromatic carbocycles. The van der Waals surface area contributed by atoms with Crippen LogP contribution in [0.4, 0.5) is 4.39 Å². The number of hydrogen-bond acceptors (Lipinski definition) is 2. The molecular formula is C18H23FN2O2. The molecule has 2 amide bonds. The minimum atomic E-state index is -0.252. The smallest absolute Gasteiger partial charge is 0.227 e. The van der Waals surface area contributed by atoms with Gasteiger partial charge in [0.1, 0.15) is 5.82 Å². The normalized spacial score (nSPS) is 21.8. The zero-order valence-electron chi connectivity index (χ0n) is 13.3. The van der Waals surface area contributed by atoms with E-state index in [9.17, 15) is 14.0 Å². The van der Waals surface area contributed by atoms with E-state index in [4.69, 9.17) is 0 Å². The summed E-state index contributed by atoms with van der Waals surface area (Å²) < 4.78 is 12.9. The van der Waals surface area contributed by atoms with Gasteiger partial charge in [0.2, 0.25) is 11.8 Å². The Labute approximate surface area is 136 Å². The lowest BCUT2D eigenvalue weighted by atomic mass is 10.0. The van der Waals surface area contributed by atoms with E-state index >= 15 is 0 Å². The van der Waals surface area contributed by atoms with Crippen molar-refractivity contribution in [3.05, 3.63) is 35.6 Å². The summed E-state index contributed by atoms with van der Waals surface area (Å²) in [7, 11) is 0. The second-order valence-corrected chi connectivity index (χ2v) is 6.50. The molecule has 2 heterocycles. The number of piperidine rings is 1. The third kappa shape index (κ3) is 3.89. The van der Waals surface area contributed by atoms with Crippen molar-refractivity contribution in [2.45, 2.75) is 32.1 Å². The van der Waals surface area contributed by atoms with Gasteiger partial charge in [-0.1, -0.05) is 12.1 Å². The zero-order valence-corrected chi connectivity index (χ0v) is 13.3. The number of carbonyl (C=O) groups excluding carboxylic acids is 2. The number of likely N-dealkylation sites (tertiary alicyclic amines) is 2. The van der Waals surface area contributed by atoms with E-state index in [2.05, 4.69) is 0 Å². The van der Waals surface area contributed by atoms with Gasteiger partial charge in [0.25, 0.3) is 0 Å². The first-order valence-corrected chi connectivity index (χ1v) is 8.44. The van der Waals surface area contributed by atoms with E-state index in [0.29, 0.717) is 25.9 Å². The number of halogens is 1. The highest BCUT2D eigenvalue weighted by Crippen LogP contribution is 2.22. The Kier molecular flexibility index (Phi) is 4.94. The Morgan fingerprint density at radius 3 is 2.52 bits per heavy atom. The molecular weight excluding hydrogens is 295 g/mol. The van der Waals surface area contributed by atoms with Crippen LogP contribution in [0.15, 0.2) is 24.3 Å². The standard InChI is InChI=1S/C18H23FN2O2/c19-16-6-4-14(5-7-16)8-11-21-13-15(12-17(21)22)18(23)20-9-2-1-3-10-20/h4-7,15H,1-3,8-13H2/t15-/m0/s1.